The third-order valence-corrected chi connectivity index (χ3v) is 3.02. The molecular weight excluding hydrogens is 257 g/mol. The van der Waals surface area contributed by atoms with E-state index in [9.17, 15) is 4.39 Å². The summed E-state index contributed by atoms with van der Waals surface area (Å²) in [5.74, 6) is -0.0437. The van der Waals surface area contributed by atoms with E-state index in [0.717, 1.165) is 0 Å². The predicted molar refractivity (Wildman–Crippen MR) is 76.6 cm³/mol. The lowest BCUT2D eigenvalue weighted by atomic mass is 10.1. The number of nitrogen functional groups attached to an aromatic ring is 1. The molecule has 0 unspecified atom stereocenters. The molecule has 0 aliphatic heterocycles. The minimum atomic E-state index is -0.451. The van der Waals surface area contributed by atoms with Gasteiger partial charge in [-0.3, -0.25) is 0 Å². The van der Waals surface area contributed by atoms with E-state index in [1.165, 1.54) is 19.2 Å². The summed E-state index contributed by atoms with van der Waals surface area (Å²) in [5, 5.41) is 8.91. The van der Waals surface area contributed by atoms with Gasteiger partial charge in [0.25, 0.3) is 0 Å². The summed E-state index contributed by atoms with van der Waals surface area (Å²) >= 11 is 0. The minimum Gasteiger partial charge on any atom is -0.495 e. The number of hydrogen-bond donors (Lipinski definition) is 1. The van der Waals surface area contributed by atoms with E-state index in [0.29, 0.717) is 22.7 Å². The van der Waals surface area contributed by atoms with Crippen LogP contribution in [0.4, 0.5) is 21.5 Å². The van der Waals surface area contributed by atoms with Crippen LogP contribution >= 0.6 is 0 Å². The van der Waals surface area contributed by atoms with Crippen molar-refractivity contribution in [3.63, 3.8) is 0 Å². The maximum atomic E-state index is 14.0. The van der Waals surface area contributed by atoms with Crippen LogP contribution in [0.25, 0.3) is 0 Å². The first-order valence-corrected chi connectivity index (χ1v) is 5.93. The van der Waals surface area contributed by atoms with Crippen molar-refractivity contribution >= 4 is 17.1 Å². The Kier molecular flexibility index (Phi) is 3.76. The van der Waals surface area contributed by atoms with E-state index in [-0.39, 0.29) is 5.69 Å². The Morgan fingerprint density at radius 1 is 1.30 bits per heavy atom. The van der Waals surface area contributed by atoms with Gasteiger partial charge in [0.2, 0.25) is 0 Å². The molecule has 102 valence electrons. The topological polar surface area (TPSA) is 62.3 Å². The molecule has 0 fully saturated rings. The van der Waals surface area contributed by atoms with Gasteiger partial charge < -0.3 is 15.4 Å². The Balaban J connectivity index is 2.47. The normalized spacial score (nSPS) is 9.90. The van der Waals surface area contributed by atoms with E-state index >= 15 is 0 Å². The molecule has 0 amide bonds. The van der Waals surface area contributed by atoms with Gasteiger partial charge >= 0.3 is 0 Å². The molecule has 20 heavy (non-hydrogen) atoms. The Morgan fingerprint density at radius 3 is 2.70 bits per heavy atom. The van der Waals surface area contributed by atoms with Crippen LogP contribution in [0.15, 0.2) is 36.4 Å². The van der Waals surface area contributed by atoms with Crippen LogP contribution in [0.3, 0.4) is 0 Å². The fraction of sp³-hybridized carbons (Fsp3) is 0.133. The van der Waals surface area contributed by atoms with Crippen molar-refractivity contribution in [2.45, 2.75) is 0 Å². The van der Waals surface area contributed by atoms with Crippen molar-refractivity contribution in [2.24, 2.45) is 0 Å². The minimum absolute atomic E-state index is 0.243. The molecule has 2 rings (SSSR count). The van der Waals surface area contributed by atoms with Crippen LogP contribution < -0.4 is 15.4 Å². The maximum Gasteiger partial charge on any atom is 0.149 e. The number of hydrogen-bond acceptors (Lipinski definition) is 4. The molecule has 0 heterocycles. The van der Waals surface area contributed by atoms with Gasteiger partial charge in [-0.25, -0.2) is 4.39 Å². The van der Waals surface area contributed by atoms with Crippen LogP contribution in [0, 0.1) is 17.1 Å². The van der Waals surface area contributed by atoms with Gasteiger partial charge in [0.05, 0.1) is 30.1 Å². The van der Waals surface area contributed by atoms with Gasteiger partial charge in [-0.15, -0.1) is 0 Å². The predicted octanol–water partition coefficient (Wildman–Crippen LogP) is 3.06. The number of ether oxygens (including phenoxy) is 1. The number of nitrogens with two attached hydrogens (primary N) is 1. The van der Waals surface area contributed by atoms with Crippen molar-refractivity contribution in [1.82, 2.24) is 0 Å². The van der Waals surface area contributed by atoms with E-state index in [1.807, 2.05) is 0 Å². The summed E-state index contributed by atoms with van der Waals surface area (Å²) in [5.41, 5.74) is 7.44. The monoisotopic (exact) mass is 271 g/mol. The molecule has 0 saturated carbocycles. The second kappa shape index (κ2) is 5.49. The van der Waals surface area contributed by atoms with Gasteiger partial charge in [-0.05, 0) is 18.2 Å². The largest absolute Gasteiger partial charge is 0.495 e. The highest BCUT2D eigenvalue weighted by molar-refractivity contribution is 5.70. The fourth-order valence-corrected chi connectivity index (χ4v) is 1.92. The summed E-state index contributed by atoms with van der Waals surface area (Å²) in [6, 6.07) is 11.7. The lowest BCUT2D eigenvalue weighted by molar-refractivity contribution is 0.416. The highest BCUT2D eigenvalue weighted by Gasteiger charge is 2.13. The van der Waals surface area contributed by atoms with Gasteiger partial charge in [0.15, 0.2) is 0 Å². The van der Waals surface area contributed by atoms with Crippen molar-refractivity contribution in [1.29, 1.82) is 5.26 Å². The zero-order valence-corrected chi connectivity index (χ0v) is 11.2. The van der Waals surface area contributed by atoms with Crippen LogP contribution in [0.2, 0.25) is 0 Å². The number of benzene rings is 2. The van der Waals surface area contributed by atoms with E-state index in [1.54, 1.807) is 36.2 Å². The summed E-state index contributed by atoms with van der Waals surface area (Å²) in [4.78, 5) is 1.64. The highest BCUT2D eigenvalue weighted by Crippen LogP contribution is 2.33. The lowest BCUT2D eigenvalue weighted by Crippen LogP contribution is -2.12. The van der Waals surface area contributed by atoms with Crippen LogP contribution in [-0.4, -0.2) is 14.2 Å². The third kappa shape index (κ3) is 2.50. The second-order valence-corrected chi connectivity index (χ2v) is 4.27. The Bertz CT molecular complexity index is 679. The number of methoxy groups -OCH3 is 1. The van der Waals surface area contributed by atoms with Crippen LogP contribution in [0.1, 0.15) is 5.56 Å². The average molecular weight is 271 g/mol. The molecule has 2 aromatic carbocycles. The molecule has 5 heteroatoms. The van der Waals surface area contributed by atoms with Crippen molar-refractivity contribution in [2.75, 3.05) is 24.8 Å². The molecule has 0 aliphatic rings. The second-order valence-electron chi connectivity index (χ2n) is 4.27. The first-order valence-electron chi connectivity index (χ1n) is 5.93. The molecule has 0 saturated heterocycles. The molecule has 0 radical (unpaired) electrons. The lowest BCUT2D eigenvalue weighted by Gasteiger charge is -2.21. The molecule has 0 bridgehead atoms. The first-order chi connectivity index (χ1) is 9.56. The quantitative estimate of drug-likeness (QED) is 0.871. The molecule has 0 aliphatic carbocycles. The Hall–Kier alpha value is -2.74. The number of nitrogens with zero attached hydrogens (tertiary/aromatic N) is 2. The van der Waals surface area contributed by atoms with Gasteiger partial charge in [-0.2, -0.15) is 5.26 Å². The molecule has 2 aromatic rings. The zero-order chi connectivity index (χ0) is 14.7. The van der Waals surface area contributed by atoms with Crippen LogP contribution in [-0.2, 0) is 0 Å². The molecule has 4 nitrogen and oxygen atoms in total. The van der Waals surface area contributed by atoms with E-state index in [2.05, 4.69) is 6.07 Å². The number of rotatable bonds is 3. The van der Waals surface area contributed by atoms with Crippen molar-refractivity contribution in [3.8, 4) is 11.8 Å². The Morgan fingerprint density at radius 2 is 2.05 bits per heavy atom. The Labute approximate surface area is 116 Å². The van der Waals surface area contributed by atoms with Gasteiger partial charge in [-0.1, -0.05) is 6.07 Å². The third-order valence-electron chi connectivity index (χ3n) is 3.02. The van der Waals surface area contributed by atoms with Crippen LogP contribution in [0.5, 0.6) is 5.75 Å². The summed E-state index contributed by atoms with van der Waals surface area (Å²) in [6.45, 7) is 0. The molecule has 0 spiro atoms. The number of anilines is 3. The number of nitriles is 1. The zero-order valence-electron chi connectivity index (χ0n) is 11.2. The highest BCUT2D eigenvalue weighted by atomic mass is 19.1. The van der Waals surface area contributed by atoms with E-state index in [4.69, 9.17) is 15.7 Å². The molecular formula is C15H14FN3O. The van der Waals surface area contributed by atoms with Crippen molar-refractivity contribution < 1.29 is 9.13 Å². The average Bonchev–Trinajstić information content (AvgIpc) is 2.47. The summed E-state index contributed by atoms with van der Waals surface area (Å²) in [7, 11) is 3.19. The molecule has 0 aromatic heterocycles. The van der Waals surface area contributed by atoms with Gasteiger partial charge in [0.1, 0.15) is 11.6 Å². The first kappa shape index (κ1) is 13.7. The maximum absolute atomic E-state index is 14.0. The molecule has 2 N–H and O–H groups in total. The SMILES string of the molecule is COc1cc(N(C)c2cccc(C#N)c2)c(F)cc1N. The smallest absolute Gasteiger partial charge is 0.149 e. The van der Waals surface area contributed by atoms with Gasteiger partial charge in [0, 0.05) is 24.9 Å². The fourth-order valence-electron chi connectivity index (χ4n) is 1.92. The summed E-state index contributed by atoms with van der Waals surface area (Å²) < 4.78 is 19.1. The number of halogens is 1. The van der Waals surface area contributed by atoms with Crippen molar-refractivity contribution in [3.05, 3.63) is 47.8 Å². The van der Waals surface area contributed by atoms with E-state index < -0.39 is 5.82 Å². The summed E-state index contributed by atoms with van der Waals surface area (Å²) in [6.07, 6.45) is 0. The standard InChI is InChI=1S/C15H14FN3O/c1-19(11-5-3-4-10(6-11)9-17)14-8-15(20-2)13(18)7-12(14)16/h3-8H,18H2,1-2H3. The molecule has 0 atom stereocenters.